The molecule has 2 rings (SSSR count). The Balaban J connectivity index is 1.91. The van der Waals surface area contributed by atoms with Crippen LogP contribution in [0.2, 0.25) is 0 Å². The van der Waals surface area contributed by atoms with Crippen LogP contribution in [0.15, 0.2) is 16.9 Å². The maximum atomic E-state index is 4.34. The highest BCUT2D eigenvalue weighted by molar-refractivity contribution is 9.10. The summed E-state index contributed by atoms with van der Waals surface area (Å²) in [5.41, 5.74) is 0. The number of hydrogen-bond donors (Lipinski definition) is 1. The first kappa shape index (κ1) is 13.3. The van der Waals surface area contributed by atoms with Crippen molar-refractivity contribution in [3.8, 4) is 0 Å². The summed E-state index contributed by atoms with van der Waals surface area (Å²) in [5, 5.41) is 3.64. The van der Waals surface area contributed by atoms with Crippen LogP contribution in [-0.4, -0.2) is 27.5 Å². The first-order valence-corrected chi connectivity index (χ1v) is 8.01. The number of thioether (sulfide) groups is 1. The van der Waals surface area contributed by atoms with Gasteiger partial charge in [-0.3, -0.25) is 0 Å². The lowest BCUT2D eigenvalue weighted by molar-refractivity contribution is 0.413. The Morgan fingerprint density at radius 1 is 1.35 bits per heavy atom. The fourth-order valence-electron chi connectivity index (χ4n) is 2.04. The van der Waals surface area contributed by atoms with Crippen molar-refractivity contribution >= 4 is 27.7 Å². The number of aromatic nitrogens is 2. The molecule has 17 heavy (non-hydrogen) atoms. The third kappa shape index (κ3) is 4.23. The number of rotatable bonds is 3. The smallest absolute Gasteiger partial charge is 0.144 e. The third-order valence-corrected chi connectivity index (χ3v) is 4.48. The van der Waals surface area contributed by atoms with Gasteiger partial charge in [-0.2, -0.15) is 11.8 Å². The van der Waals surface area contributed by atoms with E-state index < -0.39 is 0 Å². The summed E-state index contributed by atoms with van der Waals surface area (Å²) < 4.78 is 0.930. The van der Waals surface area contributed by atoms with Crippen molar-refractivity contribution in [3.63, 3.8) is 0 Å². The first-order chi connectivity index (χ1) is 8.25. The minimum absolute atomic E-state index is 0.233. The first-order valence-electron chi connectivity index (χ1n) is 6.07. The van der Waals surface area contributed by atoms with E-state index >= 15 is 0 Å². The fraction of sp³-hybridized carbons (Fsp3) is 0.667. The molecule has 1 aliphatic heterocycles. The van der Waals surface area contributed by atoms with Gasteiger partial charge in [-0.05, 0) is 53.6 Å². The average molecular weight is 316 g/mol. The van der Waals surface area contributed by atoms with Crippen molar-refractivity contribution in [2.45, 2.75) is 38.3 Å². The van der Waals surface area contributed by atoms with Crippen molar-refractivity contribution in [1.29, 1.82) is 0 Å². The van der Waals surface area contributed by atoms with E-state index in [4.69, 9.17) is 0 Å². The molecule has 0 bridgehead atoms. The Hall–Kier alpha value is -0.130. The van der Waals surface area contributed by atoms with Crippen LogP contribution in [-0.2, 0) is 0 Å². The molecule has 1 aromatic heterocycles. The van der Waals surface area contributed by atoms with Gasteiger partial charge < -0.3 is 5.32 Å². The number of nitrogens with zero attached hydrogens (tertiary/aromatic N) is 2. The summed E-state index contributed by atoms with van der Waals surface area (Å²) in [5.74, 6) is 3.46. The van der Waals surface area contributed by atoms with Crippen LogP contribution >= 0.6 is 27.7 Å². The van der Waals surface area contributed by atoms with Crippen molar-refractivity contribution < 1.29 is 0 Å². The Labute approximate surface area is 115 Å². The number of nitrogens with one attached hydrogen (secondary N) is 1. The molecule has 1 fully saturated rings. The highest BCUT2D eigenvalue weighted by Crippen LogP contribution is 2.19. The zero-order valence-corrected chi connectivity index (χ0v) is 12.4. The maximum absolute atomic E-state index is 4.34. The van der Waals surface area contributed by atoms with Gasteiger partial charge in [0.1, 0.15) is 5.82 Å². The lowest BCUT2D eigenvalue weighted by atomic mass is 10.1. The second-order valence-electron chi connectivity index (χ2n) is 4.39. The molecule has 1 aliphatic rings. The van der Waals surface area contributed by atoms with Gasteiger partial charge in [-0.1, -0.05) is 0 Å². The SMILES string of the molecule is CC(NC1CCCSCC1)c1ncc(Br)cn1. The molecule has 0 amide bonds. The molecule has 3 nitrogen and oxygen atoms in total. The molecule has 0 saturated carbocycles. The highest BCUT2D eigenvalue weighted by Gasteiger charge is 2.16. The van der Waals surface area contributed by atoms with E-state index in [1.165, 1.54) is 30.8 Å². The average Bonchev–Trinajstić information content (AvgIpc) is 2.58. The molecule has 2 heterocycles. The van der Waals surface area contributed by atoms with E-state index in [2.05, 4.69) is 49.9 Å². The zero-order chi connectivity index (χ0) is 12.1. The molecule has 1 aromatic rings. The monoisotopic (exact) mass is 315 g/mol. The van der Waals surface area contributed by atoms with E-state index in [1.807, 2.05) is 12.4 Å². The Morgan fingerprint density at radius 2 is 2.12 bits per heavy atom. The topological polar surface area (TPSA) is 37.8 Å². The fourth-order valence-corrected chi connectivity index (χ4v) is 3.28. The summed E-state index contributed by atoms with van der Waals surface area (Å²) in [4.78, 5) is 8.68. The molecule has 94 valence electrons. The minimum Gasteiger partial charge on any atom is -0.305 e. The Morgan fingerprint density at radius 3 is 2.88 bits per heavy atom. The largest absolute Gasteiger partial charge is 0.305 e. The van der Waals surface area contributed by atoms with Gasteiger partial charge in [0.2, 0.25) is 0 Å². The van der Waals surface area contributed by atoms with Crippen LogP contribution in [0.5, 0.6) is 0 Å². The molecule has 0 radical (unpaired) electrons. The molecule has 0 aromatic carbocycles. The van der Waals surface area contributed by atoms with E-state index in [0.717, 1.165) is 10.3 Å². The predicted molar refractivity (Wildman–Crippen MR) is 76.2 cm³/mol. The van der Waals surface area contributed by atoms with Gasteiger partial charge in [0.15, 0.2) is 0 Å². The molecule has 1 N–H and O–H groups in total. The third-order valence-electron chi connectivity index (χ3n) is 2.97. The molecule has 2 unspecified atom stereocenters. The molecule has 2 atom stereocenters. The van der Waals surface area contributed by atoms with Gasteiger partial charge >= 0.3 is 0 Å². The van der Waals surface area contributed by atoms with Gasteiger partial charge in [-0.15, -0.1) is 0 Å². The summed E-state index contributed by atoms with van der Waals surface area (Å²) in [6, 6.07) is 0.850. The van der Waals surface area contributed by atoms with Crippen molar-refractivity contribution in [1.82, 2.24) is 15.3 Å². The van der Waals surface area contributed by atoms with Crippen LogP contribution in [0.25, 0.3) is 0 Å². The molecule has 0 spiro atoms. The molecule has 0 aliphatic carbocycles. The van der Waals surface area contributed by atoms with E-state index in [-0.39, 0.29) is 6.04 Å². The quantitative estimate of drug-likeness (QED) is 0.929. The van der Waals surface area contributed by atoms with E-state index in [9.17, 15) is 0 Å². The summed E-state index contributed by atoms with van der Waals surface area (Å²) in [6.45, 7) is 2.14. The maximum Gasteiger partial charge on any atom is 0.144 e. The van der Waals surface area contributed by atoms with Crippen molar-refractivity contribution in [2.75, 3.05) is 11.5 Å². The second kappa shape index (κ2) is 6.71. The molecular weight excluding hydrogens is 298 g/mol. The number of halogens is 1. The van der Waals surface area contributed by atoms with Crippen LogP contribution in [0.3, 0.4) is 0 Å². The zero-order valence-electron chi connectivity index (χ0n) is 10.0. The normalized spacial score (nSPS) is 23.1. The Kier molecular flexibility index (Phi) is 5.25. The molecule has 5 heteroatoms. The number of hydrogen-bond acceptors (Lipinski definition) is 4. The van der Waals surface area contributed by atoms with Crippen LogP contribution in [0.4, 0.5) is 0 Å². The lowest BCUT2D eigenvalue weighted by Crippen LogP contribution is -2.32. The van der Waals surface area contributed by atoms with Gasteiger partial charge in [0.05, 0.1) is 10.5 Å². The van der Waals surface area contributed by atoms with Crippen LogP contribution < -0.4 is 5.32 Å². The summed E-state index contributed by atoms with van der Waals surface area (Å²) in [7, 11) is 0. The van der Waals surface area contributed by atoms with Gasteiger partial charge in [0, 0.05) is 18.4 Å². The minimum atomic E-state index is 0.233. The highest BCUT2D eigenvalue weighted by atomic mass is 79.9. The van der Waals surface area contributed by atoms with E-state index in [1.54, 1.807) is 0 Å². The molecular formula is C12H18BrN3S. The van der Waals surface area contributed by atoms with E-state index in [0.29, 0.717) is 6.04 Å². The Bertz CT molecular complexity index is 336. The standard InChI is InChI=1S/C12H18BrN3S/c1-9(12-14-7-10(13)8-15-12)16-11-3-2-5-17-6-4-11/h7-9,11,16H,2-6H2,1H3. The summed E-state index contributed by atoms with van der Waals surface area (Å²) >= 11 is 5.42. The van der Waals surface area contributed by atoms with Crippen LogP contribution in [0, 0.1) is 0 Å². The van der Waals surface area contributed by atoms with Crippen LogP contribution in [0.1, 0.15) is 38.1 Å². The van der Waals surface area contributed by atoms with Gasteiger partial charge in [-0.25, -0.2) is 9.97 Å². The second-order valence-corrected chi connectivity index (χ2v) is 6.53. The lowest BCUT2D eigenvalue weighted by Gasteiger charge is -2.20. The van der Waals surface area contributed by atoms with Crippen molar-refractivity contribution in [3.05, 3.63) is 22.7 Å². The summed E-state index contributed by atoms with van der Waals surface area (Å²) in [6.07, 6.45) is 7.46. The van der Waals surface area contributed by atoms with Gasteiger partial charge in [0.25, 0.3) is 0 Å². The van der Waals surface area contributed by atoms with Crippen molar-refractivity contribution in [2.24, 2.45) is 0 Å². The predicted octanol–water partition coefficient (Wildman–Crippen LogP) is 3.18. The molecule has 1 saturated heterocycles.